The molecule has 0 amide bonds. The number of fused-ring (bicyclic) bond motifs is 4. The lowest BCUT2D eigenvalue weighted by molar-refractivity contribution is -0.332. The molecule has 0 radical (unpaired) electrons. The molecule has 0 aliphatic carbocycles. The fourth-order valence-electron chi connectivity index (χ4n) is 2.61. The van der Waals surface area contributed by atoms with E-state index in [1.165, 1.54) is 11.8 Å². The van der Waals surface area contributed by atoms with E-state index < -0.39 is 11.6 Å². The SMILES string of the molecule is CCO[C@H]1O[C@@H]2[C@H](O[C@@]3(SC)OC[C@@H]2O3)[C@@H]1OC. The zero-order valence-electron chi connectivity index (χ0n) is 10.7. The molecule has 3 aliphatic heterocycles. The summed E-state index contributed by atoms with van der Waals surface area (Å²) < 4.78 is 34.1. The van der Waals surface area contributed by atoms with Gasteiger partial charge < -0.3 is 28.4 Å². The fraction of sp³-hybridized carbons (Fsp3) is 1.00. The zero-order valence-corrected chi connectivity index (χ0v) is 11.5. The number of hydrogen-bond acceptors (Lipinski definition) is 7. The van der Waals surface area contributed by atoms with Crippen LogP contribution in [0.1, 0.15) is 6.92 Å². The number of methoxy groups -OCH3 is 1. The minimum Gasteiger partial charge on any atom is -0.373 e. The highest BCUT2D eigenvalue weighted by atomic mass is 32.2. The van der Waals surface area contributed by atoms with Gasteiger partial charge in [0, 0.05) is 13.7 Å². The van der Waals surface area contributed by atoms with Crippen molar-refractivity contribution in [3.8, 4) is 0 Å². The van der Waals surface area contributed by atoms with Crippen LogP contribution in [0.4, 0.5) is 0 Å². The Morgan fingerprint density at radius 3 is 2.83 bits per heavy atom. The monoisotopic (exact) mass is 278 g/mol. The van der Waals surface area contributed by atoms with E-state index in [0.717, 1.165) is 0 Å². The first-order valence-corrected chi connectivity index (χ1v) is 7.30. The van der Waals surface area contributed by atoms with Crippen molar-refractivity contribution in [1.82, 2.24) is 0 Å². The van der Waals surface area contributed by atoms with E-state index in [0.29, 0.717) is 13.2 Å². The van der Waals surface area contributed by atoms with Crippen LogP contribution in [-0.2, 0) is 28.4 Å². The van der Waals surface area contributed by atoms with Crippen molar-refractivity contribution in [3.63, 3.8) is 0 Å². The van der Waals surface area contributed by atoms with Gasteiger partial charge in [-0.2, -0.15) is 0 Å². The van der Waals surface area contributed by atoms with Gasteiger partial charge in [-0.1, -0.05) is 11.8 Å². The maximum Gasteiger partial charge on any atom is 0.338 e. The Labute approximate surface area is 110 Å². The normalized spacial score (nSPS) is 50.5. The summed E-state index contributed by atoms with van der Waals surface area (Å²) in [5.41, 5.74) is 0. The van der Waals surface area contributed by atoms with Crippen molar-refractivity contribution in [3.05, 3.63) is 0 Å². The average molecular weight is 278 g/mol. The summed E-state index contributed by atoms with van der Waals surface area (Å²) in [4.78, 5) is 0. The molecule has 0 unspecified atom stereocenters. The second kappa shape index (κ2) is 4.90. The second-order valence-electron chi connectivity index (χ2n) is 4.38. The molecule has 3 fully saturated rings. The molecule has 104 valence electrons. The number of ether oxygens (including phenoxy) is 6. The van der Waals surface area contributed by atoms with E-state index in [4.69, 9.17) is 28.4 Å². The van der Waals surface area contributed by atoms with Gasteiger partial charge in [0.2, 0.25) is 0 Å². The van der Waals surface area contributed by atoms with Gasteiger partial charge in [-0.05, 0) is 13.2 Å². The molecule has 0 spiro atoms. The molecule has 6 nitrogen and oxygen atoms in total. The third kappa shape index (κ3) is 1.89. The maximum absolute atomic E-state index is 5.91. The molecule has 3 aliphatic rings. The maximum atomic E-state index is 5.91. The Balaban J connectivity index is 1.80. The van der Waals surface area contributed by atoms with Gasteiger partial charge in [-0.15, -0.1) is 0 Å². The van der Waals surface area contributed by atoms with Crippen molar-refractivity contribution in [2.45, 2.75) is 42.9 Å². The van der Waals surface area contributed by atoms with Crippen molar-refractivity contribution in [2.75, 3.05) is 26.6 Å². The third-order valence-electron chi connectivity index (χ3n) is 3.43. The quantitative estimate of drug-likeness (QED) is 0.744. The third-order valence-corrected chi connectivity index (χ3v) is 4.24. The van der Waals surface area contributed by atoms with Gasteiger partial charge in [0.1, 0.15) is 24.4 Å². The van der Waals surface area contributed by atoms with Crippen molar-refractivity contribution >= 4 is 11.8 Å². The Morgan fingerprint density at radius 1 is 1.33 bits per heavy atom. The average Bonchev–Trinajstić information content (AvgIpc) is 2.91. The molecule has 0 aromatic heterocycles. The van der Waals surface area contributed by atoms with Crippen LogP contribution in [0.15, 0.2) is 0 Å². The highest BCUT2D eigenvalue weighted by molar-refractivity contribution is 7.99. The topological polar surface area (TPSA) is 55.4 Å². The molecule has 2 bridgehead atoms. The first-order valence-electron chi connectivity index (χ1n) is 6.07. The first-order chi connectivity index (χ1) is 8.73. The van der Waals surface area contributed by atoms with Crippen LogP contribution in [0.2, 0.25) is 0 Å². The first kappa shape index (κ1) is 13.1. The number of rotatable bonds is 4. The smallest absolute Gasteiger partial charge is 0.338 e. The summed E-state index contributed by atoms with van der Waals surface area (Å²) in [6, 6.07) is 0. The molecule has 18 heavy (non-hydrogen) atoms. The van der Waals surface area contributed by atoms with Gasteiger partial charge in [0.05, 0.1) is 6.61 Å². The van der Waals surface area contributed by atoms with Gasteiger partial charge in [0.15, 0.2) is 6.29 Å². The van der Waals surface area contributed by atoms with Gasteiger partial charge >= 0.3 is 5.31 Å². The second-order valence-corrected chi connectivity index (χ2v) is 5.29. The van der Waals surface area contributed by atoms with E-state index in [9.17, 15) is 0 Å². The van der Waals surface area contributed by atoms with E-state index in [1.807, 2.05) is 13.2 Å². The van der Waals surface area contributed by atoms with Crippen LogP contribution in [0.25, 0.3) is 0 Å². The van der Waals surface area contributed by atoms with Gasteiger partial charge in [-0.25, -0.2) is 0 Å². The molecule has 0 N–H and O–H groups in total. The predicted octanol–water partition coefficient (Wildman–Crippen LogP) is 0.551. The molecule has 3 rings (SSSR count). The van der Waals surface area contributed by atoms with Crippen molar-refractivity contribution in [2.24, 2.45) is 0 Å². The van der Waals surface area contributed by atoms with Gasteiger partial charge in [0.25, 0.3) is 0 Å². The summed E-state index contributed by atoms with van der Waals surface area (Å²) in [6.45, 7) is 2.96. The standard InChI is InChI=1S/C11H18O6S/c1-4-13-10-9(12-2)8-7(15-10)6-5-14-11(16-6,17-8)18-3/h6-10H,4-5H2,1-3H3/t6-,7-,8-,9-,10-,11+/m0/s1. The largest absolute Gasteiger partial charge is 0.373 e. The Bertz CT molecular complexity index is 316. The van der Waals surface area contributed by atoms with E-state index in [1.54, 1.807) is 7.11 Å². The minimum atomic E-state index is -1.01. The van der Waals surface area contributed by atoms with Crippen molar-refractivity contribution < 1.29 is 28.4 Å². The number of thioether (sulfide) groups is 1. The summed E-state index contributed by atoms with van der Waals surface area (Å²) in [5.74, 6) is 0. The molecule has 6 atom stereocenters. The van der Waals surface area contributed by atoms with E-state index in [2.05, 4.69) is 0 Å². The van der Waals surface area contributed by atoms with Gasteiger partial charge in [-0.3, -0.25) is 0 Å². The summed E-state index contributed by atoms with van der Waals surface area (Å²) >= 11 is 1.39. The molecule has 3 saturated heterocycles. The lowest BCUT2D eigenvalue weighted by atomic mass is 10.1. The molecule has 0 aromatic rings. The van der Waals surface area contributed by atoms with E-state index in [-0.39, 0.29) is 24.4 Å². The summed E-state index contributed by atoms with van der Waals surface area (Å²) in [7, 11) is 1.63. The fourth-order valence-corrected chi connectivity index (χ4v) is 3.22. The molecular weight excluding hydrogens is 260 g/mol. The van der Waals surface area contributed by atoms with E-state index >= 15 is 0 Å². The molecular formula is C11H18O6S. The Hall–Kier alpha value is 0.110. The molecule has 0 saturated carbocycles. The van der Waals surface area contributed by atoms with Crippen molar-refractivity contribution in [1.29, 1.82) is 0 Å². The van der Waals surface area contributed by atoms with Crippen LogP contribution < -0.4 is 0 Å². The van der Waals surface area contributed by atoms with Crippen LogP contribution in [-0.4, -0.2) is 62.6 Å². The van der Waals surface area contributed by atoms with Crippen LogP contribution in [0.5, 0.6) is 0 Å². The Morgan fingerprint density at radius 2 is 2.17 bits per heavy atom. The Kier molecular flexibility index (Phi) is 3.57. The summed E-state index contributed by atoms with van der Waals surface area (Å²) in [5, 5.41) is -1.01. The highest BCUT2D eigenvalue weighted by Gasteiger charge is 2.62. The lowest BCUT2D eigenvalue weighted by Crippen LogP contribution is -2.52. The predicted molar refractivity (Wildman–Crippen MR) is 63.0 cm³/mol. The molecule has 3 heterocycles. The molecule has 7 heteroatoms. The lowest BCUT2D eigenvalue weighted by Gasteiger charge is -2.36. The highest BCUT2D eigenvalue weighted by Crippen LogP contribution is 2.46. The molecule has 0 aromatic carbocycles. The van der Waals surface area contributed by atoms with Crippen LogP contribution >= 0.6 is 11.8 Å². The minimum absolute atomic E-state index is 0.126. The zero-order chi connectivity index (χ0) is 12.8. The van der Waals surface area contributed by atoms with Crippen LogP contribution in [0.3, 0.4) is 0 Å². The van der Waals surface area contributed by atoms with Crippen LogP contribution in [0, 0.1) is 0 Å². The number of hydrogen-bond donors (Lipinski definition) is 0. The summed E-state index contributed by atoms with van der Waals surface area (Å²) in [6.07, 6.45) is 0.681.